The minimum atomic E-state index is -0.405. The zero-order valence-electron chi connectivity index (χ0n) is 27.2. The van der Waals surface area contributed by atoms with E-state index in [1.54, 1.807) is 48.5 Å². The van der Waals surface area contributed by atoms with Gasteiger partial charge in [0.2, 0.25) is 0 Å². The maximum Gasteiger partial charge on any atom is 0.269 e. The smallest absolute Gasteiger partial charge is 0.269 e. The van der Waals surface area contributed by atoms with E-state index in [4.69, 9.17) is 0 Å². The summed E-state index contributed by atoms with van der Waals surface area (Å²) in [6, 6.07) is 19.8. The molecule has 0 spiro atoms. The lowest BCUT2D eigenvalue weighted by Gasteiger charge is -2.37. The zero-order valence-corrected chi connectivity index (χ0v) is 27.2. The first-order chi connectivity index (χ1) is 22.0. The summed E-state index contributed by atoms with van der Waals surface area (Å²) in [7, 11) is 0. The molecule has 3 aromatic carbocycles. The van der Waals surface area contributed by atoms with Gasteiger partial charge in [0, 0.05) is 46.5 Å². The lowest BCUT2D eigenvalue weighted by atomic mass is 10.1. The van der Waals surface area contributed by atoms with Crippen LogP contribution in [-0.4, -0.2) is 83.0 Å². The molecule has 3 aromatic rings. The molecule has 0 aromatic heterocycles. The van der Waals surface area contributed by atoms with Gasteiger partial charge in [-0.05, 0) is 76.2 Å². The quantitative estimate of drug-likeness (QED) is 0.114. The predicted molar refractivity (Wildman–Crippen MR) is 177 cm³/mol. The summed E-state index contributed by atoms with van der Waals surface area (Å²) in [5, 5.41) is 27.9. The van der Waals surface area contributed by atoms with E-state index in [9.17, 15) is 29.8 Å². The van der Waals surface area contributed by atoms with Crippen LogP contribution in [0.2, 0.25) is 0 Å². The largest absolute Gasteiger partial charge is 0.346 e. The number of carbonyl (C=O) groups is 2. The number of likely N-dealkylation sites (N-methyl/N-ethyl adjacent to an activating group) is 2. The Labute approximate surface area is 270 Å². The van der Waals surface area contributed by atoms with E-state index in [0.29, 0.717) is 50.4 Å². The SMILES string of the molecule is CC[N+](CC)(CCNC(=O)c1ccc(C(=O)NCC[N+](CC)(CC)Cc2ccc([N+](=O)[O-])cc2)cc1)Cc1ccc([N+](=O)[O-])cc1. The molecule has 2 N–H and O–H groups in total. The van der Waals surface area contributed by atoms with E-state index in [1.807, 2.05) is 0 Å². The van der Waals surface area contributed by atoms with Crippen LogP contribution in [0.3, 0.4) is 0 Å². The van der Waals surface area contributed by atoms with Crippen LogP contribution in [0.25, 0.3) is 0 Å². The highest BCUT2D eigenvalue weighted by atomic mass is 16.6. The third-order valence-corrected chi connectivity index (χ3v) is 9.17. The molecule has 12 nitrogen and oxygen atoms in total. The van der Waals surface area contributed by atoms with Gasteiger partial charge >= 0.3 is 0 Å². The summed E-state index contributed by atoms with van der Waals surface area (Å²) < 4.78 is 1.45. The van der Waals surface area contributed by atoms with Gasteiger partial charge in [-0.25, -0.2) is 0 Å². The van der Waals surface area contributed by atoms with Gasteiger partial charge in [0.1, 0.15) is 13.1 Å². The highest BCUT2D eigenvalue weighted by Crippen LogP contribution is 2.19. The van der Waals surface area contributed by atoms with Crippen LogP contribution >= 0.6 is 0 Å². The van der Waals surface area contributed by atoms with Crippen molar-refractivity contribution in [3.8, 4) is 0 Å². The summed E-state index contributed by atoms with van der Waals surface area (Å²) >= 11 is 0. The summed E-state index contributed by atoms with van der Waals surface area (Å²) in [4.78, 5) is 46.9. The second-order valence-corrected chi connectivity index (χ2v) is 11.6. The maximum atomic E-state index is 12.9. The second-order valence-electron chi connectivity index (χ2n) is 11.6. The molecule has 0 unspecified atom stereocenters. The molecule has 0 saturated carbocycles. The van der Waals surface area contributed by atoms with Crippen LogP contribution in [0.4, 0.5) is 11.4 Å². The summed E-state index contributed by atoms with van der Waals surface area (Å²) in [5.41, 5.74) is 3.08. The Morgan fingerprint density at radius 1 is 0.565 bits per heavy atom. The average molecular weight is 635 g/mol. The normalized spacial score (nSPS) is 11.6. The zero-order chi connectivity index (χ0) is 33.7. The number of nitrogens with one attached hydrogen (secondary N) is 2. The van der Waals surface area contributed by atoms with Crippen LogP contribution in [0.1, 0.15) is 59.5 Å². The van der Waals surface area contributed by atoms with E-state index in [1.165, 1.54) is 24.3 Å². The van der Waals surface area contributed by atoms with Gasteiger partial charge < -0.3 is 19.6 Å². The van der Waals surface area contributed by atoms with Crippen molar-refractivity contribution in [2.45, 2.75) is 40.8 Å². The summed E-state index contributed by atoms with van der Waals surface area (Å²) in [6.07, 6.45) is 0. The van der Waals surface area contributed by atoms with Gasteiger partial charge in [0.05, 0.1) is 62.2 Å². The molecule has 0 heterocycles. The van der Waals surface area contributed by atoms with Crippen molar-refractivity contribution in [3.05, 3.63) is 115 Å². The topological polar surface area (TPSA) is 144 Å². The Bertz CT molecular complexity index is 1350. The molecule has 0 bridgehead atoms. The molecular formula is C34H46N6O6+2. The monoisotopic (exact) mass is 634 g/mol. The van der Waals surface area contributed by atoms with Crippen molar-refractivity contribution >= 4 is 23.2 Å². The van der Waals surface area contributed by atoms with E-state index in [-0.39, 0.29) is 23.2 Å². The Morgan fingerprint density at radius 3 is 1.13 bits per heavy atom. The summed E-state index contributed by atoms with van der Waals surface area (Å²) in [6.45, 7) is 15.5. The lowest BCUT2D eigenvalue weighted by molar-refractivity contribution is -0.936. The fraction of sp³-hybridized carbons (Fsp3) is 0.412. The first kappa shape index (κ1) is 35.8. The molecule has 46 heavy (non-hydrogen) atoms. The number of hydrogen-bond donors (Lipinski definition) is 2. The van der Waals surface area contributed by atoms with E-state index >= 15 is 0 Å². The number of quaternary nitrogens is 2. The van der Waals surface area contributed by atoms with Gasteiger partial charge in [-0.1, -0.05) is 0 Å². The number of hydrogen-bond acceptors (Lipinski definition) is 6. The molecule has 12 heteroatoms. The summed E-state index contributed by atoms with van der Waals surface area (Å²) in [5.74, 6) is -0.432. The molecule has 3 rings (SSSR count). The molecule has 0 atom stereocenters. The number of nitrogens with zero attached hydrogens (tertiary/aromatic N) is 4. The molecule has 0 saturated heterocycles. The van der Waals surface area contributed by atoms with Crippen LogP contribution in [0, 0.1) is 20.2 Å². The number of nitro groups is 2. The first-order valence-electron chi connectivity index (χ1n) is 15.8. The molecule has 0 aliphatic heterocycles. The van der Waals surface area contributed by atoms with Crippen molar-refractivity contribution < 1.29 is 28.4 Å². The number of amides is 2. The number of benzene rings is 3. The van der Waals surface area contributed by atoms with Crippen LogP contribution in [-0.2, 0) is 13.1 Å². The van der Waals surface area contributed by atoms with Crippen LogP contribution < -0.4 is 10.6 Å². The molecule has 0 fully saturated rings. The molecule has 0 radical (unpaired) electrons. The van der Waals surface area contributed by atoms with E-state index < -0.39 is 9.85 Å². The number of nitro benzene ring substituents is 2. The van der Waals surface area contributed by atoms with Crippen molar-refractivity contribution in [1.82, 2.24) is 10.6 Å². The fourth-order valence-corrected chi connectivity index (χ4v) is 5.70. The lowest BCUT2D eigenvalue weighted by Crippen LogP contribution is -2.51. The molecule has 2 amide bonds. The Balaban J connectivity index is 1.51. The molecule has 246 valence electrons. The van der Waals surface area contributed by atoms with Crippen molar-refractivity contribution in [3.63, 3.8) is 0 Å². The molecule has 0 aliphatic rings. The van der Waals surface area contributed by atoms with Gasteiger partial charge in [0.15, 0.2) is 0 Å². The fourth-order valence-electron chi connectivity index (χ4n) is 5.70. The average Bonchev–Trinajstić information content (AvgIpc) is 3.07. The standard InChI is InChI=1S/C34H44N6O6/c1-5-39(6-2,25-27-9-17-31(18-10-27)37(43)44)23-21-35-33(41)29-13-15-30(16-14-29)34(42)36-22-24-40(7-3,8-4)26-28-11-19-32(20-12-28)38(45)46/h9-20H,5-8,21-26H2,1-4H3/p+2. The Kier molecular flexibility index (Phi) is 12.9. The number of carbonyl (C=O) groups excluding carboxylic acids is 2. The molecule has 0 aliphatic carbocycles. The van der Waals surface area contributed by atoms with Crippen LogP contribution in [0.15, 0.2) is 72.8 Å². The number of rotatable bonds is 18. The second kappa shape index (κ2) is 16.6. The van der Waals surface area contributed by atoms with E-state index in [2.05, 4.69) is 38.3 Å². The third-order valence-electron chi connectivity index (χ3n) is 9.17. The van der Waals surface area contributed by atoms with Crippen molar-refractivity contribution in [2.24, 2.45) is 0 Å². The minimum absolute atomic E-state index is 0.0664. The third kappa shape index (κ3) is 9.66. The van der Waals surface area contributed by atoms with Crippen molar-refractivity contribution in [2.75, 3.05) is 52.4 Å². The highest BCUT2D eigenvalue weighted by Gasteiger charge is 2.26. The number of non-ortho nitro benzene ring substituents is 2. The minimum Gasteiger partial charge on any atom is -0.346 e. The predicted octanol–water partition coefficient (Wildman–Crippen LogP) is 5.08. The van der Waals surface area contributed by atoms with Gasteiger partial charge in [0.25, 0.3) is 23.2 Å². The highest BCUT2D eigenvalue weighted by molar-refractivity contribution is 5.97. The first-order valence-corrected chi connectivity index (χ1v) is 15.8. The van der Waals surface area contributed by atoms with Gasteiger partial charge in [-0.3, -0.25) is 29.8 Å². The van der Waals surface area contributed by atoms with Gasteiger partial charge in [-0.15, -0.1) is 0 Å². The molecular weight excluding hydrogens is 588 g/mol. The van der Waals surface area contributed by atoms with Gasteiger partial charge in [-0.2, -0.15) is 0 Å². The van der Waals surface area contributed by atoms with Crippen molar-refractivity contribution in [1.29, 1.82) is 0 Å². The Morgan fingerprint density at radius 2 is 0.870 bits per heavy atom. The maximum absolute atomic E-state index is 12.9. The van der Waals surface area contributed by atoms with E-state index in [0.717, 1.165) is 46.3 Å². The Hall–Kier alpha value is -4.68. The van der Waals surface area contributed by atoms with Crippen LogP contribution in [0.5, 0.6) is 0 Å².